The molecule has 0 radical (unpaired) electrons. The lowest BCUT2D eigenvalue weighted by Crippen LogP contribution is -2.46. The number of hydrogen-bond acceptors (Lipinski definition) is 5. The second-order valence-electron chi connectivity index (χ2n) is 11.2. The van der Waals surface area contributed by atoms with Crippen molar-refractivity contribution in [3.63, 3.8) is 0 Å². The topological polar surface area (TPSA) is 70.5 Å². The normalized spacial score (nSPS) is 14.9. The highest BCUT2D eigenvalue weighted by molar-refractivity contribution is 6.08. The first-order chi connectivity index (χ1) is 21.5. The van der Waals surface area contributed by atoms with Crippen molar-refractivity contribution >= 4 is 16.7 Å². The zero-order chi connectivity index (χ0) is 30.5. The van der Waals surface area contributed by atoms with E-state index in [1.54, 1.807) is 24.3 Å². The minimum absolute atomic E-state index is 0.207. The molecule has 0 aliphatic carbocycles. The molecule has 1 aliphatic rings. The number of carbonyl (C=O) groups excluding carboxylic acids is 1. The second-order valence-corrected chi connectivity index (χ2v) is 11.2. The van der Waals surface area contributed by atoms with Gasteiger partial charge < -0.3 is 5.32 Å². The summed E-state index contributed by atoms with van der Waals surface area (Å²) in [7, 11) is 0. The molecule has 1 fully saturated rings. The molecule has 44 heavy (non-hydrogen) atoms. The average Bonchev–Trinajstić information content (AvgIpc) is 3.05. The van der Waals surface area contributed by atoms with Crippen molar-refractivity contribution in [2.24, 2.45) is 0 Å². The minimum Gasteiger partial charge on any atom is -0.345 e. The van der Waals surface area contributed by atoms with Crippen molar-refractivity contribution in [2.75, 3.05) is 26.2 Å². The predicted octanol–water partition coefficient (Wildman–Crippen LogP) is 5.72. The Balaban J connectivity index is 1.41. The largest absolute Gasteiger partial charge is 0.345 e. The molecular weight excluding hydrogens is 553 g/mol. The van der Waals surface area contributed by atoms with E-state index in [9.17, 15) is 14.0 Å². The summed E-state index contributed by atoms with van der Waals surface area (Å²) in [6.07, 6.45) is 4.32. The van der Waals surface area contributed by atoms with Crippen LogP contribution in [0.4, 0.5) is 4.39 Å². The number of aromatic nitrogens is 2. The molecule has 0 spiro atoms. The first kappa shape index (κ1) is 29.4. The van der Waals surface area contributed by atoms with E-state index in [4.69, 9.17) is 0 Å². The summed E-state index contributed by atoms with van der Waals surface area (Å²) in [4.78, 5) is 37.2. The number of nitrogens with one attached hydrogen (secondary N) is 1. The van der Waals surface area contributed by atoms with Crippen LogP contribution in [0.3, 0.4) is 0 Å². The standard InChI is InChI=1S/C36H36FN5O2/c1-2-32(27-9-4-3-5-10-27)39-35(43)34-30-13-6-7-14-31(30)36(44)42(29-12-8-11-28(37)23-29)33(34)25-41-21-19-40(20-22-41)24-26-15-17-38-18-16-26/h3-18,23,32H,2,19-22,24-25H2,1H3,(H,39,43)/t32-/m0/s1. The van der Waals surface area contributed by atoms with Gasteiger partial charge in [0.05, 0.1) is 23.0 Å². The van der Waals surface area contributed by atoms with Crippen LogP contribution in [0.25, 0.3) is 16.5 Å². The Morgan fingerprint density at radius 2 is 1.50 bits per heavy atom. The van der Waals surface area contributed by atoms with Crippen molar-refractivity contribution in [2.45, 2.75) is 32.5 Å². The Kier molecular flexibility index (Phi) is 8.91. The van der Waals surface area contributed by atoms with Crippen LogP contribution < -0.4 is 10.9 Å². The minimum atomic E-state index is -0.445. The van der Waals surface area contributed by atoms with E-state index >= 15 is 0 Å². The van der Waals surface area contributed by atoms with Gasteiger partial charge in [0.2, 0.25) is 0 Å². The van der Waals surface area contributed by atoms with Gasteiger partial charge in [0.25, 0.3) is 11.5 Å². The summed E-state index contributed by atoms with van der Waals surface area (Å²) in [6.45, 7) is 6.45. The number of hydrogen-bond donors (Lipinski definition) is 1. The van der Waals surface area contributed by atoms with Gasteiger partial charge in [0.1, 0.15) is 5.82 Å². The number of fused-ring (bicyclic) bond motifs is 1. The first-order valence-electron chi connectivity index (χ1n) is 15.1. The van der Waals surface area contributed by atoms with Gasteiger partial charge in [-0.2, -0.15) is 0 Å². The van der Waals surface area contributed by atoms with Crippen LogP contribution in [-0.4, -0.2) is 51.4 Å². The third-order valence-corrected chi connectivity index (χ3v) is 8.39. The Hall–Kier alpha value is -4.66. The van der Waals surface area contributed by atoms with Gasteiger partial charge in [-0.05, 0) is 53.9 Å². The number of piperazine rings is 1. The van der Waals surface area contributed by atoms with Crippen molar-refractivity contribution in [1.29, 1.82) is 0 Å². The van der Waals surface area contributed by atoms with Crippen LogP contribution in [0.5, 0.6) is 0 Å². The molecule has 224 valence electrons. The maximum absolute atomic E-state index is 14.6. The number of carbonyl (C=O) groups is 1. The summed E-state index contributed by atoms with van der Waals surface area (Å²) in [5.74, 6) is -0.701. The van der Waals surface area contributed by atoms with E-state index in [1.807, 2.05) is 73.9 Å². The lowest BCUT2D eigenvalue weighted by atomic mass is 9.99. The fourth-order valence-corrected chi connectivity index (χ4v) is 6.09. The quantitative estimate of drug-likeness (QED) is 0.238. The highest BCUT2D eigenvalue weighted by atomic mass is 19.1. The summed E-state index contributed by atoms with van der Waals surface area (Å²) in [6, 6.07) is 27.0. The molecule has 2 aromatic heterocycles. The second kappa shape index (κ2) is 13.3. The third kappa shape index (κ3) is 6.32. The zero-order valence-electron chi connectivity index (χ0n) is 24.8. The molecule has 8 heteroatoms. The van der Waals surface area contributed by atoms with E-state index < -0.39 is 5.82 Å². The van der Waals surface area contributed by atoms with Crippen molar-refractivity contribution in [3.8, 4) is 5.69 Å². The fourth-order valence-electron chi connectivity index (χ4n) is 6.09. The number of rotatable bonds is 9. The van der Waals surface area contributed by atoms with Crippen LogP contribution in [0, 0.1) is 5.82 Å². The maximum Gasteiger partial charge on any atom is 0.263 e. The van der Waals surface area contributed by atoms with Crippen LogP contribution in [-0.2, 0) is 13.1 Å². The van der Waals surface area contributed by atoms with Crippen LogP contribution in [0.2, 0.25) is 0 Å². The van der Waals surface area contributed by atoms with Gasteiger partial charge in [0.15, 0.2) is 0 Å². The SMILES string of the molecule is CC[C@H](NC(=O)c1c(CN2CCN(Cc3ccncc3)CC2)n(-c2cccc(F)c2)c(=O)c2ccccc12)c1ccccc1. The van der Waals surface area contributed by atoms with Crippen LogP contribution in [0.15, 0.2) is 108 Å². The van der Waals surface area contributed by atoms with Gasteiger partial charge in [-0.15, -0.1) is 0 Å². The van der Waals surface area contributed by atoms with E-state index in [0.717, 1.165) is 38.3 Å². The number of pyridine rings is 2. The summed E-state index contributed by atoms with van der Waals surface area (Å²) in [5.41, 5.74) is 3.35. The first-order valence-corrected chi connectivity index (χ1v) is 15.1. The van der Waals surface area contributed by atoms with Gasteiger partial charge >= 0.3 is 0 Å². The molecule has 7 nitrogen and oxygen atoms in total. The zero-order valence-corrected chi connectivity index (χ0v) is 24.8. The lowest BCUT2D eigenvalue weighted by molar-refractivity contribution is 0.0930. The van der Waals surface area contributed by atoms with Crippen molar-refractivity contribution in [3.05, 3.63) is 142 Å². The predicted molar refractivity (Wildman–Crippen MR) is 171 cm³/mol. The van der Waals surface area contributed by atoms with E-state index in [-0.39, 0.29) is 17.5 Å². The molecule has 0 saturated carbocycles. The van der Waals surface area contributed by atoms with Crippen molar-refractivity contribution in [1.82, 2.24) is 24.7 Å². The Bertz CT molecular complexity index is 1800. The lowest BCUT2D eigenvalue weighted by Gasteiger charge is -2.35. The van der Waals surface area contributed by atoms with Gasteiger partial charge in [-0.1, -0.05) is 61.5 Å². The van der Waals surface area contributed by atoms with Crippen LogP contribution in [0.1, 0.15) is 46.6 Å². The van der Waals surface area contributed by atoms with Gasteiger partial charge in [0, 0.05) is 62.4 Å². The number of nitrogens with zero attached hydrogens (tertiary/aromatic N) is 4. The van der Waals surface area contributed by atoms with E-state index in [2.05, 4.69) is 20.1 Å². The molecular formula is C36H36FN5O2. The molecule has 3 aromatic carbocycles. The van der Waals surface area contributed by atoms with Crippen molar-refractivity contribution < 1.29 is 9.18 Å². The Morgan fingerprint density at radius 3 is 2.18 bits per heavy atom. The molecule has 0 unspecified atom stereocenters. The monoisotopic (exact) mass is 589 g/mol. The van der Waals surface area contributed by atoms with E-state index in [0.29, 0.717) is 40.7 Å². The van der Waals surface area contributed by atoms with Gasteiger partial charge in [-0.25, -0.2) is 4.39 Å². The Morgan fingerprint density at radius 1 is 0.841 bits per heavy atom. The van der Waals surface area contributed by atoms with Gasteiger partial charge in [-0.3, -0.25) is 28.9 Å². The summed E-state index contributed by atoms with van der Waals surface area (Å²) < 4.78 is 16.1. The molecule has 1 saturated heterocycles. The highest BCUT2D eigenvalue weighted by Gasteiger charge is 2.27. The molecule has 6 rings (SSSR count). The van der Waals surface area contributed by atoms with E-state index in [1.165, 1.54) is 22.3 Å². The smallest absolute Gasteiger partial charge is 0.263 e. The maximum atomic E-state index is 14.6. The molecule has 5 aromatic rings. The summed E-state index contributed by atoms with van der Waals surface area (Å²) in [5, 5.41) is 4.26. The average molecular weight is 590 g/mol. The number of amides is 1. The molecule has 3 heterocycles. The number of halogens is 1. The molecule has 0 bridgehead atoms. The fraction of sp³-hybridized carbons (Fsp3) is 0.250. The molecule has 1 aliphatic heterocycles. The Labute approximate surface area is 256 Å². The van der Waals surface area contributed by atoms with Crippen LogP contribution >= 0.6 is 0 Å². The molecule has 1 amide bonds. The third-order valence-electron chi connectivity index (χ3n) is 8.39. The highest BCUT2D eigenvalue weighted by Crippen LogP contribution is 2.26. The summed E-state index contributed by atoms with van der Waals surface area (Å²) >= 11 is 0. The molecule has 1 N–H and O–H groups in total. The number of benzene rings is 3. The molecule has 1 atom stereocenters.